The molecule has 4 nitrogen and oxygen atoms in total. The Hall–Kier alpha value is -2.03. The van der Waals surface area contributed by atoms with Crippen LogP contribution in [0.3, 0.4) is 0 Å². The maximum absolute atomic E-state index is 12.5. The zero-order valence-electron chi connectivity index (χ0n) is 13.0. The predicted molar refractivity (Wildman–Crippen MR) is 89.6 cm³/mol. The van der Waals surface area contributed by atoms with Gasteiger partial charge in [-0.3, -0.25) is 14.2 Å². The molecule has 0 spiro atoms. The van der Waals surface area contributed by atoms with Crippen LogP contribution >= 0.6 is 7.37 Å². The lowest BCUT2D eigenvalue weighted by Crippen LogP contribution is -2.19. The van der Waals surface area contributed by atoms with E-state index in [1.54, 1.807) is 74.5 Å². The van der Waals surface area contributed by atoms with Crippen molar-refractivity contribution < 1.29 is 19.0 Å². The van der Waals surface area contributed by atoms with Crippen molar-refractivity contribution in [3.63, 3.8) is 0 Å². The Morgan fingerprint density at radius 3 is 1.39 bits per heavy atom. The molecule has 0 radical (unpaired) electrons. The zero-order chi connectivity index (χ0) is 17.0. The van der Waals surface area contributed by atoms with Crippen LogP contribution in [0, 0.1) is 0 Å². The van der Waals surface area contributed by atoms with E-state index in [1.165, 1.54) is 0 Å². The van der Waals surface area contributed by atoms with Gasteiger partial charge in [-0.25, -0.2) is 0 Å². The molecule has 0 amide bonds. The second-order valence-corrected chi connectivity index (χ2v) is 7.55. The van der Waals surface area contributed by atoms with Gasteiger partial charge in [-0.1, -0.05) is 74.5 Å². The molecule has 2 aromatic carbocycles. The third-order valence-corrected chi connectivity index (χ3v) is 5.91. The summed E-state index contributed by atoms with van der Waals surface area (Å²) in [5.41, 5.74) is -0.605. The van der Waals surface area contributed by atoms with E-state index in [4.69, 9.17) is 0 Å². The highest BCUT2D eigenvalue weighted by Crippen LogP contribution is 2.50. The third kappa shape index (κ3) is 3.66. The summed E-state index contributed by atoms with van der Waals surface area (Å²) in [6, 6.07) is 17.4. The first-order valence-corrected chi connectivity index (χ1v) is 9.03. The van der Waals surface area contributed by atoms with E-state index in [2.05, 4.69) is 0 Å². The van der Waals surface area contributed by atoms with Crippen LogP contribution in [0.25, 0.3) is 0 Å². The molecular formula is C18H19O4P. The van der Waals surface area contributed by atoms with Crippen LogP contribution in [0.1, 0.15) is 36.8 Å². The first-order valence-electron chi connectivity index (χ1n) is 7.37. The zero-order valence-corrected chi connectivity index (χ0v) is 13.9. The molecule has 5 heteroatoms. The van der Waals surface area contributed by atoms with Gasteiger partial charge in [0.2, 0.25) is 11.0 Å². The van der Waals surface area contributed by atoms with E-state index < -0.39 is 30.3 Å². The van der Waals surface area contributed by atoms with Crippen molar-refractivity contribution in [1.82, 2.24) is 0 Å². The third-order valence-electron chi connectivity index (χ3n) is 3.94. The summed E-state index contributed by atoms with van der Waals surface area (Å²) in [6.45, 7) is 3.09. The molecule has 0 saturated carbocycles. The molecule has 0 bridgehead atoms. The van der Waals surface area contributed by atoms with Crippen LogP contribution in [0.5, 0.6) is 0 Å². The van der Waals surface area contributed by atoms with Gasteiger partial charge < -0.3 is 4.89 Å². The van der Waals surface area contributed by atoms with Gasteiger partial charge in [-0.15, -0.1) is 0 Å². The summed E-state index contributed by atoms with van der Waals surface area (Å²) in [4.78, 5) is 35.0. The second kappa shape index (κ2) is 7.03. The Kier molecular flexibility index (Phi) is 5.30. The molecule has 0 saturated heterocycles. The Labute approximate surface area is 135 Å². The van der Waals surface area contributed by atoms with E-state index in [0.29, 0.717) is 11.1 Å². The summed E-state index contributed by atoms with van der Waals surface area (Å²) >= 11 is 0. The second-order valence-electron chi connectivity index (χ2n) is 5.52. The van der Waals surface area contributed by atoms with Gasteiger partial charge in [0.05, 0.1) is 11.8 Å². The first kappa shape index (κ1) is 17.3. The van der Waals surface area contributed by atoms with Gasteiger partial charge in [0.1, 0.15) is 0 Å². The SMILES string of the molecule is CC(C(=O)P(=O)(O)C(=O)C(C)c1ccccc1)c1ccccc1. The fourth-order valence-corrected chi connectivity index (χ4v) is 3.97. The highest BCUT2D eigenvalue weighted by atomic mass is 31.2. The van der Waals surface area contributed by atoms with E-state index >= 15 is 0 Å². The lowest BCUT2D eigenvalue weighted by molar-refractivity contribution is -0.117. The number of carbonyl (C=O) groups is 2. The molecular weight excluding hydrogens is 311 g/mol. The van der Waals surface area contributed by atoms with Crippen LogP contribution < -0.4 is 0 Å². The van der Waals surface area contributed by atoms with Gasteiger partial charge in [0.15, 0.2) is 0 Å². The van der Waals surface area contributed by atoms with Crippen LogP contribution in [0.4, 0.5) is 0 Å². The summed E-state index contributed by atoms with van der Waals surface area (Å²) in [7, 11) is -4.60. The largest absolute Gasteiger partial charge is 0.334 e. The number of carbonyl (C=O) groups excluding carboxylic acids is 2. The molecule has 23 heavy (non-hydrogen) atoms. The van der Waals surface area contributed by atoms with E-state index in [-0.39, 0.29) is 0 Å². The van der Waals surface area contributed by atoms with Gasteiger partial charge in [-0.05, 0) is 11.1 Å². The summed E-state index contributed by atoms with van der Waals surface area (Å²) in [5, 5.41) is 0. The molecule has 0 aromatic heterocycles. The van der Waals surface area contributed by atoms with Crippen molar-refractivity contribution in [2.45, 2.75) is 25.7 Å². The highest BCUT2D eigenvalue weighted by molar-refractivity contribution is 7.90. The van der Waals surface area contributed by atoms with E-state index in [9.17, 15) is 19.0 Å². The summed E-state index contributed by atoms with van der Waals surface area (Å²) < 4.78 is 12.5. The Bertz CT molecular complexity index is 679. The summed E-state index contributed by atoms with van der Waals surface area (Å²) in [5.74, 6) is -1.61. The van der Waals surface area contributed by atoms with Crippen molar-refractivity contribution in [3.05, 3.63) is 71.8 Å². The molecule has 0 aliphatic carbocycles. The highest BCUT2D eigenvalue weighted by Gasteiger charge is 2.43. The number of hydrogen-bond donors (Lipinski definition) is 1. The average molecular weight is 330 g/mol. The lowest BCUT2D eigenvalue weighted by Gasteiger charge is -2.18. The Morgan fingerprint density at radius 1 is 0.783 bits per heavy atom. The minimum absolute atomic E-state index is 0.618. The van der Waals surface area contributed by atoms with Crippen molar-refractivity contribution in [2.75, 3.05) is 0 Å². The standard InChI is InChI=1S/C18H19O4P/c1-13(15-9-5-3-6-10-15)17(19)23(21,22)18(20)14(2)16-11-7-4-8-12-16/h3-14H,1-2H3,(H,21,22). The fourth-order valence-electron chi connectivity index (χ4n) is 2.40. The number of rotatable bonds is 6. The van der Waals surface area contributed by atoms with Crippen molar-refractivity contribution in [1.29, 1.82) is 0 Å². The van der Waals surface area contributed by atoms with Crippen molar-refractivity contribution >= 4 is 18.4 Å². The Balaban J connectivity index is 2.25. The van der Waals surface area contributed by atoms with Crippen LogP contribution in [-0.2, 0) is 14.2 Å². The van der Waals surface area contributed by atoms with Gasteiger partial charge >= 0.3 is 7.37 Å². The van der Waals surface area contributed by atoms with Crippen LogP contribution in [0.15, 0.2) is 60.7 Å². The number of hydrogen-bond acceptors (Lipinski definition) is 3. The Morgan fingerprint density at radius 2 is 1.09 bits per heavy atom. The van der Waals surface area contributed by atoms with Gasteiger partial charge in [0.25, 0.3) is 0 Å². The average Bonchev–Trinajstić information content (AvgIpc) is 2.60. The smallest absolute Gasteiger partial charge is 0.329 e. The summed E-state index contributed by atoms with van der Waals surface area (Å²) in [6.07, 6.45) is 0. The van der Waals surface area contributed by atoms with Crippen LogP contribution in [-0.4, -0.2) is 15.9 Å². The maximum atomic E-state index is 12.5. The molecule has 2 atom stereocenters. The molecule has 2 unspecified atom stereocenters. The van der Waals surface area contributed by atoms with E-state index in [1.807, 2.05) is 0 Å². The van der Waals surface area contributed by atoms with Crippen molar-refractivity contribution in [2.24, 2.45) is 0 Å². The molecule has 0 aliphatic heterocycles. The molecule has 2 rings (SSSR count). The monoisotopic (exact) mass is 330 g/mol. The molecule has 2 aromatic rings. The van der Waals surface area contributed by atoms with Crippen LogP contribution in [0.2, 0.25) is 0 Å². The number of benzene rings is 2. The molecule has 0 aliphatic rings. The topological polar surface area (TPSA) is 71.4 Å². The molecule has 1 N–H and O–H groups in total. The fraction of sp³-hybridized carbons (Fsp3) is 0.222. The quantitative estimate of drug-likeness (QED) is 0.815. The maximum Gasteiger partial charge on any atom is 0.329 e. The lowest BCUT2D eigenvalue weighted by atomic mass is 10.0. The van der Waals surface area contributed by atoms with Crippen molar-refractivity contribution in [3.8, 4) is 0 Å². The van der Waals surface area contributed by atoms with Gasteiger partial charge in [0, 0.05) is 0 Å². The first-order chi connectivity index (χ1) is 10.9. The molecule has 0 heterocycles. The van der Waals surface area contributed by atoms with Gasteiger partial charge in [-0.2, -0.15) is 0 Å². The molecule has 0 fully saturated rings. The minimum Gasteiger partial charge on any atom is -0.334 e. The predicted octanol–water partition coefficient (Wildman–Crippen LogP) is 3.92. The minimum atomic E-state index is -4.60. The normalized spacial score (nSPS) is 16.1. The molecule has 120 valence electrons. The van der Waals surface area contributed by atoms with E-state index in [0.717, 1.165) is 0 Å².